The number of aliphatic hydroxyl groups is 2. The van der Waals surface area contributed by atoms with Gasteiger partial charge in [-0.25, -0.2) is 0 Å². The van der Waals surface area contributed by atoms with Crippen LogP contribution in [-0.2, 0) is 24.4 Å². The summed E-state index contributed by atoms with van der Waals surface area (Å²) in [5.74, 6) is 4.68. The number of ether oxygens (including phenoxy) is 1. The monoisotopic (exact) mass is 699 g/mol. The zero-order chi connectivity index (χ0) is 35.9. The number of nitrogens with one attached hydrogen (secondary N) is 1. The fourth-order valence-electron chi connectivity index (χ4n) is 5.56. The van der Waals surface area contributed by atoms with Crippen LogP contribution in [0.15, 0.2) is 12.2 Å². The molecule has 0 bridgehead atoms. The first-order chi connectivity index (χ1) is 22.8. The number of amides is 1. The largest absolute Gasteiger partial charge is 0.463 e. The molecule has 9 nitrogen and oxygen atoms in total. The number of rotatable bonds is 31. The maximum atomic E-state index is 12.1. The van der Waals surface area contributed by atoms with Gasteiger partial charge < -0.3 is 20.3 Å². The van der Waals surface area contributed by atoms with Crippen LogP contribution >= 0.6 is 0 Å². The number of unbranched alkanes of at least 4 members (excludes halogenated alkanes) is 15. The molecule has 3 atom stereocenters. The zero-order valence-electron chi connectivity index (χ0n) is 30.5. The van der Waals surface area contributed by atoms with Gasteiger partial charge in [-0.15, -0.1) is 11.8 Å². The molecular weight excluding hydrogens is 630 g/mol. The lowest BCUT2D eigenvalue weighted by Gasteiger charge is -2.23. The Morgan fingerprint density at radius 3 is 1.98 bits per heavy atom. The second-order valence-corrected chi connectivity index (χ2v) is 15.2. The summed E-state index contributed by atoms with van der Waals surface area (Å²) in [6, 6.07) is 0. The van der Waals surface area contributed by atoms with E-state index in [2.05, 4.69) is 36.2 Å². The van der Waals surface area contributed by atoms with Crippen LogP contribution in [0.25, 0.3) is 0 Å². The van der Waals surface area contributed by atoms with E-state index in [4.69, 9.17) is 9.29 Å². The summed E-state index contributed by atoms with van der Waals surface area (Å²) >= 11 is 0. The van der Waals surface area contributed by atoms with Crippen LogP contribution in [0.5, 0.6) is 0 Å². The fraction of sp³-hybridized carbons (Fsp3) is 0.842. The normalized spacial score (nSPS) is 14.2. The first kappa shape index (κ1) is 46.1. The van der Waals surface area contributed by atoms with Crippen molar-refractivity contribution < 1.29 is 37.5 Å². The first-order valence-electron chi connectivity index (χ1n) is 18.8. The predicted octanol–water partition coefficient (Wildman–Crippen LogP) is 7.98. The second-order valence-electron chi connectivity index (χ2n) is 13.6. The molecule has 48 heavy (non-hydrogen) atoms. The van der Waals surface area contributed by atoms with Crippen molar-refractivity contribution in [2.24, 2.45) is 0 Å². The highest BCUT2D eigenvalue weighted by Gasteiger charge is 2.25. The van der Waals surface area contributed by atoms with Crippen LogP contribution in [0.3, 0.4) is 0 Å². The average molecular weight is 700 g/mol. The predicted molar refractivity (Wildman–Crippen MR) is 195 cm³/mol. The van der Waals surface area contributed by atoms with Crippen LogP contribution in [0.4, 0.5) is 0 Å². The van der Waals surface area contributed by atoms with Gasteiger partial charge in [0.15, 0.2) is 0 Å². The minimum atomic E-state index is -4.17. The zero-order valence-corrected chi connectivity index (χ0v) is 31.3. The lowest BCUT2D eigenvalue weighted by molar-refractivity contribution is -0.149. The molecule has 280 valence electrons. The Kier molecular flexibility index (Phi) is 28.7. The molecule has 0 rings (SSSR count). The van der Waals surface area contributed by atoms with Gasteiger partial charge in [-0.3, -0.25) is 14.1 Å². The molecule has 0 aliphatic carbocycles. The van der Waals surface area contributed by atoms with Gasteiger partial charge in [-0.1, -0.05) is 103 Å². The molecule has 0 aromatic rings. The molecule has 0 radical (unpaired) electrons. The van der Waals surface area contributed by atoms with Crippen molar-refractivity contribution in [3.63, 3.8) is 0 Å². The van der Waals surface area contributed by atoms with E-state index in [0.717, 1.165) is 19.3 Å². The minimum Gasteiger partial charge on any atom is -0.463 e. The molecule has 1 amide bonds. The molecule has 0 aliphatic heterocycles. The molecule has 4 N–H and O–H groups in total. The Balaban J connectivity index is 3.75. The van der Waals surface area contributed by atoms with Gasteiger partial charge in [0.2, 0.25) is 5.91 Å². The Hall–Kier alpha value is -1.93. The smallest absolute Gasteiger partial charge is 0.307 e. The van der Waals surface area contributed by atoms with Crippen molar-refractivity contribution in [1.82, 2.24) is 5.32 Å². The van der Waals surface area contributed by atoms with Crippen LogP contribution in [0.1, 0.15) is 175 Å². The van der Waals surface area contributed by atoms with Crippen LogP contribution in [-0.4, -0.2) is 65.2 Å². The summed E-state index contributed by atoms with van der Waals surface area (Å²) in [5, 5.41) is 23.1. The van der Waals surface area contributed by atoms with Gasteiger partial charge in [0.05, 0.1) is 30.3 Å². The molecule has 0 spiro atoms. The molecule has 0 aliphatic rings. The summed E-state index contributed by atoms with van der Waals surface area (Å²) in [4.78, 5) is 24.0. The fourth-order valence-corrected chi connectivity index (χ4v) is 5.92. The molecular formula is C38H69NO8S. The van der Waals surface area contributed by atoms with E-state index in [9.17, 15) is 28.2 Å². The molecule has 0 aromatic heterocycles. The van der Waals surface area contributed by atoms with Gasteiger partial charge >= 0.3 is 5.97 Å². The Morgan fingerprint density at radius 1 is 0.854 bits per heavy atom. The Bertz CT molecular complexity index is 1020. The van der Waals surface area contributed by atoms with E-state index in [1.54, 1.807) is 6.92 Å². The van der Waals surface area contributed by atoms with E-state index < -0.39 is 39.6 Å². The lowest BCUT2D eigenvalue weighted by Crippen LogP contribution is -2.36. The quantitative estimate of drug-likeness (QED) is 0.0187. The summed E-state index contributed by atoms with van der Waals surface area (Å²) < 4.78 is 35.5. The number of carbonyl (C=O) groups excluding carboxylic acids is 2. The van der Waals surface area contributed by atoms with E-state index in [1.807, 2.05) is 0 Å². The maximum absolute atomic E-state index is 12.1. The van der Waals surface area contributed by atoms with Gasteiger partial charge in [-0.05, 0) is 52.4 Å². The lowest BCUT2D eigenvalue weighted by atomic mass is 9.93. The van der Waals surface area contributed by atoms with Gasteiger partial charge in [0, 0.05) is 25.8 Å². The van der Waals surface area contributed by atoms with Gasteiger partial charge in [0.1, 0.15) is 6.10 Å². The Labute approximate surface area is 293 Å². The minimum absolute atomic E-state index is 0.206. The highest BCUT2D eigenvalue weighted by atomic mass is 32.2. The van der Waals surface area contributed by atoms with Gasteiger partial charge in [0.25, 0.3) is 10.1 Å². The van der Waals surface area contributed by atoms with Crippen molar-refractivity contribution in [1.29, 1.82) is 0 Å². The maximum Gasteiger partial charge on any atom is 0.307 e. The molecule has 3 unspecified atom stereocenters. The summed E-state index contributed by atoms with van der Waals surface area (Å²) in [6.45, 7) is 5.25. The van der Waals surface area contributed by atoms with Crippen molar-refractivity contribution in [2.75, 3.05) is 12.3 Å². The Morgan fingerprint density at radius 2 is 1.40 bits per heavy atom. The van der Waals surface area contributed by atoms with E-state index in [-0.39, 0.29) is 38.2 Å². The van der Waals surface area contributed by atoms with E-state index >= 15 is 0 Å². The molecule has 0 saturated heterocycles. The topological polar surface area (TPSA) is 150 Å². The number of carbonyl (C=O) groups is 2. The van der Waals surface area contributed by atoms with Crippen LogP contribution in [0, 0.1) is 11.8 Å². The third-order valence-electron chi connectivity index (χ3n) is 8.32. The molecule has 10 heteroatoms. The SMILES string of the molecule is CCCCCCCCCCCCCCCCC=CCCC#CCCC(=O)OC(C)CC(O)CCCC(C)(O)CC(=O)NCCS(=O)(=O)O. The molecule has 0 heterocycles. The molecule has 0 aromatic carbocycles. The third-order valence-corrected chi connectivity index (χ3v) is 9.04. The molecule has 0 saturated carbocycles. The van der Waals surface area contributed by atoms with E-state index in [0.29, 0.717) is 19.3 Å². The van der Waals surface area contributed by atoms with Crippen molar-refractivity contribution in [3.05, 3.63) is 12.2 Å². The van der Waals surface area contributed by atoms with Crippen LogP contribution in [0.2, 0.25) is 0 Å². The summed E-state index contributed by atoms with van der Waals surface area (Å²) in [6.07, 6.45) is 27.1. The number of allylic oxidation sites excluding steroid dienone is 2. The third kappa shape index (κ3) is 34.0. The van der Waals surface area contributed by atoms with Crippen molar-refractivity contribution >= 4 is 22.0 Å². The summed E-state index contributed by atoms with van der Waals surface area (Å²) in [7, 11) is -4.17. The van der Waals surface area contributed by atoms with Crippen molar-refractivity contribution in [3.8, 4) is 11.8 Å². The number of esters is 1. The van der Waals surface area contributed by atoms with Crippen molar-refractivity contribution in [2.45, 2.75) is 193 Å². The highest BCUT2D eigenvalue weighted by Crippen LogP contribution is 2.20. The van der Waals surface area contributed by atoms with E-state index in [1.165, 1.54) is 96.8 Å². The molecule has 0 fully saturated rings. The number of aliphatic hydroxyl groups excluding tert-OH is 1. The standard InChI is InChI=1S/C38H69NO8S/c1-4-5-6-7-8-9-10-11-12-13-14-15-16-17-18-19-20-21-22-23-24-25-28-37(42)47-34(2)32-35(40)27-26-29-38(3,43)33-36(41)39-30-31-48(44,45)46/h19-20,34-35,40,43H,4-18,21-22,25-33H2,1-3H3,(H,39,41)(H,44,45,46). The number of hydrogen-bond donors (Lipinski definition) is 4. The first-order valence-corrected chi connectivity index (χ1v) is 20.4. The average Bonchev–Trinajstić information content (AvgIpc) is 2.98. The number of hydrogen-bond acceptors (Lipinski definition) is 7. The van der Waals surface area contributed by atoms with Crippen LogP contribution < -0.4 is 5.32 Å². The van der Waals surface area contributed by atoms with Gasteiger partial charge in [-0.2, -0.15) is 8.42 Å². The second kappa shape index (κ2) is 29.9. The summed E-state index contributed by atoms with van der Waals surface area (Å²) in [5.41, 5.74) is -1.33. The highest BCUT2D eigenvalue weighted by molar-refractivity contribution is 7.85.